The highest BCUT2D eigenvalue weighted by molar-refractivity contribution is 5.34. The van der Waals surface area contributed by atoms with Crippen molar-refractivity contribution < 1.29 is 9.53 Å². The summed E-state index contributed by atoms with van der Waals surface area (Å²) >= 11 is 0. The minimum Gasteiger partial charge on any atom is -0.373 e. The molecule has 3 nitrogen and oxygen atoms in total. The summed E-state index contributed by atoms with van der Waals surface area (Å²) in [5, 5.41) is 0. The predicted octanol–water partition coefficient (Wildman–Crippen LogP) is 0.642. The van der Waals surface area contributed by atoms with Gasteiger partial charge in [-0.05, 0) is 19.3 Å². The lowest BCUT2D eigenvalue weighted by molar-refractivity contribution is 0.101. The quantitative estimate of drug-likeness (QED) is 0.395. The molecular weight excluding hydrogens is 130 g/mol. The van der Waals surface area contributed by atoms with Gasteiger partial charge in [0.25, 0.3) is 0 Å². The van der Waals surface area contributed by atoms with Crippen molar-refractivity contribution in [3.05, 3.63) is 0 Å². The van der Waals surface area contributed by atoms with Crippen LogP contribution in [0.2, 0.25) is 0 Å². The zero-order chi connectivity index (χ0) is 6.97. The van der Waals surface area contributed by atoms with E-state index < -0.39 is 0 Å². The molecule has 3 unspecified atom stereocenters. The van der Waals surface area contributed by atoms with Crippen molar-refractivity contribution >= 4 is 6.08 Å². The molecule has 0 aromatic heterocycles. The van der Waals surface area contributed by atoms with Gasteiger partial charge in [-0.3, -0.25) is 0 Å². The Morgan fingerprint density at radius 2 is 2.40 bits per heavy atom. The molecule has 2 aliphatic rings. The Kier molecular flexibility index (Phi) is 1.33. The number of hydrogen-bond donors (Lipinski definition) is 0. The SMILES string of the molecule is O=C=NC1CC2CCC1O2. The summed E-state index contributed by atoms with van der Waals surface area (Å²) in [6.45, 7) is 0. The fourth-order valence-electron chi connectivity index (χ4n) is 1.81. The van der Waals surface area contributed by atoms with Gasteiger partial charge in [-0.1, -0.05) is 0 Å². The minimum absolute atomic E-state index is 0.122. The Hall–Kier alpha value is -0.660. The zero-order valence-corrected chi connectivity index (χ0v) is 5.62. The van der Waals surface area contributed by atoms with Crippen LogP contribution in [0.4, 0.5) is 0 Å². The Morgan fingerprint density at radius 3 is 2.90 bits per heavy atom. The molecule has 54 valence electrons. The second-order valence-electron chi connectivity index (χ2n) is 2.90. The van der Waals surface area contributed by atoms with Crippen LogP contribution < -0.4 is 0 Å². The standard InChI is InChI=1S/C7H9NO2/c9-4-8-6-3-5-1-2-7(6)10-5/h5-7H,1-3H2. The fourth-order valence-corrected chi connectivity index (χ4v) is 1.81. The maximum absolute atomic E-state index is 9.89. The summed E-state index contributed by atoms with van der Waals surface area (Å²) in [6.07, 6.45) is 5.35. The highest BCUT2D eigenvalue weighted by atomic mass is 16.5. The van der Waals surface area contributed by atoms with Crippen molar-refractivity contribution in [3.63, 3.8) is 0 Å². The smallest absolute Gasteiger partial charge is 0.235 e. The van der Waals surface area contributed by atoms with E-state index in [1.165, 1.54) is 0 Å². The third-order valence-corrected chi connectivity index (χ3v) is 2.29. The van der Waals surface area contributed by atoms with E-state index in [1.807, 2.05) is 0 Å². The first-order valence-electron chi connectivity index (χ1n) is 3.62. The molecule has 2 rings (SSSR count). The van der Waals surface area contributed by atoms with E-state index in [9.17, 15) is 4.79 Å². The van der Waals surface area contributed by atoms with Gasteiger partial charge >= 0.3 is 0 Å². The van der Waals surface area contributed by atoms with Crippen LogP contribution >= 0.6 is 0 Å². The van der Waals surface area contributed by atoms with Gasteiger partial charge in [0.05, 0.1) is 18.2 Å². The Balaban J connectivity index is 2.08. The fraction of sp³-hybridized carbons (Fsp3) is 0.857. The van der Waals surface area contributed by atoms with Crippen LogP contribution in [-0.2, 0) is 9.53 Å². The van der Waals surface area contributed by atoms with Crippen LogP contribution in [0.15, 0.2) is 4.99 Å². The number of isocyanates is 1. The Labute approximate surface area is 59.1 Å². The second-order valence-corrected chi connectivity index (χ2v) is 2.90. The van der Waals surface area contributed by atoms with Gasteiger partial charge in [-0.15, -0.1) is 0 Å². The number of ether oxygens (including phenoxy) is 1. The first kappa shape index (κ1) is 6.08. The number of fused-ring (bicyclic) bond motifs is 2. The number of nitrogens with zero attached hydrogens (tertiary/aromatic N) is 1. The van der Waals surface area contributed by atoms with Crippen LogP contribution in [0.5, 0.6) is 0 Å². The molecule has 0 aromatic carbocycles. The highest BCUT2D eigenvalue weighted by Crippen LogP contribution is 2.35. The first-order valence-corrected chi connectivity index (χ1v) is 3.62. The lowest BCUT2D eigenvalue weighted by Crippen LogP contribution is -2.19. The molecular formula is C7H9NO2. The third kappa shape index (κ3) is 0.789. The van der Waals surface area contributed by atoms with E-state index in [2.05, 4.69) is 4.99 Å². The monoisotopic (exact) mass is 139 g/mol. The maximum atomic E-state index is 9.89. The van der Waals surface area contributed by atoms with Crippen molar-refractivity contribution in [2.24, 2.45) is 4.99 Å². The molecule has 0 saturated carbocycles. The zero-order valence-electron chi connectivity index (χ0n) is 5.62. The summed E-state index contributed by atoms with van der Waals surface area (Å²) in [5.74, 6) is 0. The second kappa shape index (κ2) is 2.19. The van der Waals surface area contributed by atoms with Crippen LogP contribution in [0.25, 0.3) is 0 Å². The first-order chi connectivity index (χ1) is 4.90. The third-order valence-electron chi connectivity index (χ3n) is 2.29. The van der Waals surface area contributed by atoms with Crippen LogP contribution in [0.3, 0.4) is 0 Å². The molecule has 3 atom stereocenters. The van der Waals surface area contributed by atoms with E-state index in [0.717, 1.165) is 19.3 Å². The largest absolute Gasteiger partial charge is 0.373 e. The summed E-state index contributed by atoms with van der Waals surface area (Å²) in [4.78, 5) is 13.6. The predicted molar refractivity (Wildman–Crippen MR) is 34.4 cm³/mol. The van der Waals surface area contributed by atoms with Gasteiger partial charge in [-0.25, -0.2) is 4.79 Å². The molecule has 2 fully saturated rings. The van der Waals surface area contributed by atoms with E-state index >= 15 is 0 Å². The highest BCUT2D eigenvalue weighted by Gasteiger charge is 2.40. The van der Waals surface area contributed by atoms with Gasteiger partial charge in [0, 0.05) is 0 Å². The van der Waals surface area contributed by atoms with Crippen molar-refractivity contribution in [3.8, 4) is 0 Å². The van der Waals surface area contributed by atoms with E-state index in [1.54, 1.807) is 6.08 Å². The number of aliphatic imine (C=N–C) groups is 1. The van der Waals surface area contributed by atoms with Crippen molar-refractivity contribution in [2.45, 2.75) is 37.5 Å². The maximum Gasteiger partial charge on any atom is 0.235 e. The van der Waals surface area contributed by atoms with E-state index in [0.29, 0.717) is 6.10 Å². The average molecular weight is 139 g/mol. The van der Waals surface area contributed by atoms with Crippen molar-refractivity contribution in [2.75, 3.05) is 0 Å². The molecule has 2 saturated heterocycles. The molecule has 10 heavy (non-hydrogen) atoms. The minimum atomic E-state index is 0.122. The van der Waals surface area contributed by atoms with Gasteiger partial charge in [0.2, 0.25) is 6.08 Å². The molecule has 2 bridgehead atoms. The van der Waals surface area contributed by atoms with Gasteiger partial charge in [0.1, 0.15) is 0 Å². The van der Waals surface area contributed by atoms with Crippen molar-refractivity contribution in [1.82, 2.24) is 0 Å². The molecule has 3 heteroatoms. The molecule has 0 aromatic rings. The lowest BCUT2D eigenvalue weighted by Gasteiger charge is -2.10. The molecule has 0 aliphatic carbocycles. The molecule has 2 aliphatic heterocycles. The Bertz CT molecular complexity index is 186. The molecule has 2 heterocycles. The summed E-state index contributed by atoms with van der Waals surface area (Å²) in [5.41, 5.74) is 0. The van der Waals surface area contributed by atoms with Crippen LogP contribution in [-0.4, -0.2) is 24.3 Å². The van der Waals surface area contributed by atoms with E-state index in [4.69, 9.17) is 4.74 Å². The molecule has 0 radical (unpaired) electrons. The average Bonchev–Trinajstić information content (AvgIpc) is 2.48. The summed E-state index contributed by atoms with van der Waals surface area (Å²) in [6, 6.07) is 0.122. The van der Waals surface area contributed by atoms with E-state index in [-0.39, 0.29) is 12.1 Å². The molecule has 0 spiro atoms. The summed E-state index contributed by atoms with van der Waals surface area (Å²) < 4.78 is 5.46. The number of hydrogen-bond acceptors (Lipinski definition) is 3. The molecule has 0 N–H and O–H groups in total. The number of carbonyl (C=O) groups excluding carboxylic acids is 1. The van der Waals surface area contributed by atoms with Gasteiger partial charge in [0.15, 0.2) is 0 Å². The topological polar surface area (TPSA) is 38.7 Å². The Morgan fingerprint density at radius 1 is 1.50 bits per heavy atom. The van der Waals surface area contributed by atoms with Crippen LogP contribution in [0.1, 0.15) is 19.3 Å². The normalized spacial score (nSPS) is 43.4. The van der Waals surface area contributed by atoms with Crippen LogP contribution in [0, 0.1) is 0 Å². The lowest BCUT2D eigenvalue weighted by atomic mass is 9.96. The van der Waals surface area contributed by atoms with Crippen molar-refractivity contribution in [1.29, 1.82) is 0 Å². The number of rotatable bonds is 1. The molecule has 0 amide bonds. The summed E-state index contributed by atoms with van der Waals surface area (Å²) in [7, 11) is 0. The van der Waals surface area contributed by atoms with Gasteiger partial charge in [-0.2, -0.15) is 4.99 Å². The van der Waals surface area contributed by atoms with Gasteiger partial charge < -0.3 is 4.74 Å².